The predicted molar refractivity (Wildman–Crippen MR) is 130 cm³/mol. The van der Waals surface area contributed by atoms with Crippen LogP contribution in [0.5, 0.6) is 0 Å². The topological polar surface area (TPSA) is 98.8 Å². The van der Waals surface area contributed by atoms with Gasteiger partial charge in [0.1, 0.15) is 12.1 Å². The Hall–Kier alpha value is -2.90. The highest BCUT2D eigenvalue weighted by atomic mass is 16.2. The van der Waals surface area contributed by atoms with Crippen molar-refractivity contribution in [3.63, 3.8) is 0 Å². The fraction of sp³-hybridized carbons (Fsp3) is 0.630. The number of hydrogen-bond donors (Lipinski definition) is 2. The molecule has 1 aliphatic carbocycles. The molecule has 1 aromatic carbocycles. The Morgan fingerprint density at radius 2 is 1.77 bits per heavy atom. The van der Waals surface area contributed by atoms with Crippen LogP contribution < -0.4 is 10.6 Å². The van der Waals surface area contributed by atoms with E-state index in [0.717, 1.165) is 31.2 Å². The molecule has 0 unspecified atom stereocenters. The van der Waals surface area contributed by atoms with Crippen LogP contribution in [0.1, 0.15) is 51.0 Å². The second kappa shape index (κ2) is 9.99. The number of rotatable bonds is 3. The Morgan fingerprint density at radius 3 is 2.51 bits per heavy atom. The van der Waals surface area contributed by atoms with Crippen molar-refractivity contribution in [2.75, 3.05) is 19.6 Å². The first-order valence-corrected chi connectivity index (χ1v) is 13.1. The van der Waals surface area contributed by atoms with Crippen LogP contribution in [0.15, 0.2) is 30.3 Å². The number of nitrogens with one attached hydrogen (secondary N) is 2. The molecule has 3 heterocycles. The van der Waals surface area contributed by atoms with Gasteiger partial charge in [-0.05, 0) is 56.4 Å². The maximum atomic E-state index is 14.0. The van der Waals surface area contributed by atoms with Gasteiger partial charge in [-0.3, -0.25) is 19.2 Å². The summed E-state index contributed by atoms with van der Waals surface area (Å²) in [4.78, 5) is 56.3. The van der Waals surface area contributed by atoms with E-state index in [4.69, 9.17) is 0 Å². The Labute approximate surface area is 206 Å². The molecule has 1 aromatic rings. The molecule has 35 heavy (non-hydrogen) atoms. The molecule has 2 N–H and O–H groups in total. The van der Waals surface area contributed by atoms with Crippen LogP contribution in [-0.4, -0.2) is 71.2 Å². The second-order valence-electron chi connectivity index (χ2n) is 10.9. The molecule has 4 fully saturated rings. The Bertz CT molecular complexity index is 979. The number of benzene rings is 1. The first-order valence-electron chi connectivity index (χ1n) is 13.1. The Kier molecular flexibility index (Phi) is 6.80. The lowest BCUT2D eigenvalue weighted by Crippen LogP contribution is -2.64. The van der Waals surface area contributed by atoms with Crippen LogP contribution in [0, 0.1) is 17.8 Å². The number of nitrogens with zero attached hydrogens (tertiary/aromatic N) is 2. The molecule has 5 atom stereocenters. The monoisotopic (exact) mass is 480 g/mol. The normalized spacial score (nSPS) is 32.0. The van der Waals surface area contributed by atoms with Crippen molar-refractivity contribution in [3.8, 4) is 0 Å². The van der Waals surface area contributed by atoms with Crippen LogP contribution in [0.2, 0.25) is 0 Å². The third-order valence-corrected chi connectivity index (χ3v) is 8.06. The number of piperidine rings is 2. The van der Waals surface area contributed by atoms with Gasteiger partial charge in [-0.15, -0.1) is 0 Å². The molecule has 8 nitrogen and oxygen atoms in total. The number of likely N-dealkylation sites (tertiary alicyclic amines) is 1. The molecule has 8 heteroatoms. The Morgan fingerprint density at radius 1 is 1.00 bits per heavy atom. The summed E-state index contributed by atoms with van der Waals surface area (Å²) in [5.41, 5.74) is 0.977. The van der Waals surface area contributed by atoms with E-state index in [1.807, 2.05) is 40.1 Å². The number of carbonyl (C=O) groups is 4. The molecule has 1 saturated carbocycles. The molecule has 3 aliphatic heterocycles. The summed E-state index contributed by atoms with van der Waals surface area (Å²) in [7, 11) is 0. The lowest BCUT2D eigenvalue weighted by molar-refractivity contribution is -0.149. The van der Waals surface area contributed by atoms with Crippen molar-refractivity contribution in [1.29, 1.82) is 0 Å². The average molecular weight is 481 g/mol. The van der Waals surface area contributed by atoms with E-state index in [-0.39, 0.29) is 47.4 Å². The van der Waals surface area contributed by atoms with Crippen molar-refractivity contribution in [2.24, 2.45) is 17.8 Å². The fourth-order valence-corrected chi connectivity index (χ4v) is 6.14. The van der Waals surface area contributed by atoms with E-state index in [9.17, 15) is 19.2 Å². The van der Waals surface area contributed by atoms with Crippen LogP contribution in [0.4, 0.5) is 0 Å². The highest BCUT2D eigenvalue weighted by molar-refractivity contribution is 5.92. The number of hydrogen-bond acceptors (Lipinski definition) is 4. The quantitative estimate of drug-likeness (QED) is 0.685. The lowest BCUT2D eigenvalue weighted by atomic mass is 9.77. The standard InChI is InChI=1S/C27H36N4O4/c1-17-25(33)29-22(13-18-6-3-2-4-7-18)27(35)31-15-19-12-21(23(31)8-5-9-24(32)28-17)16-30(14-19)26(34)20-10-11-20/h2-4,6-7,17,19-23H,5,8-16H2,1H3,(H,28,32)(H,29,33)/t17-,19+,21-,22+,23+/m1/s1. The molecule has 0 radical (unpaired) electrons. The summed E-state index contributed by atoms with van der Waals surface area (Å²) >= 11 is 0. The number of fused-ring (bicyclic) bond motifs is 4. The minimum absolute atomic E-state index is 0.0339. The zero-order valence-corrected chi connectivity index (χ0v) is 20.4. The summed E-state index contributed by atoms with van der Waals surface area (Å²) in [5, 5.41) is 5.72. The maximum Gasteiger partial charge on any atom is 0.245 e. The van der Waals surface area contributed by atoms with Gasteiger partial charge in [-0.2, -0.15) is 0 Å². The summed E-state index contributed by atoms with van der Waals surface area (Å²) < 4.78 is 0. The molecule has 3 saturated heterocycles. The highest BCUT2D eigenvalue weighted by Crippen LogP contribution is 2.39. The molecule has 188 valence electrons. The van der Waals surface area contributed by atoms with E-state index < -0.39 is 12.1 Å². The van der Waals surface area contributed by atoms with E-state index in [2.05, 4.69) is 10.6 Å². The van der Waals surface area contributed by atoms with Crippen molar-refractivity contribution in [3.05, 3.63) is 35.9 Å². The number of carbonyl (C=O) groups excluding carboxylic acids is 4. The average Bonchev–Trinajstić information content (AvgIpc) is 3.69. The Balaban J connectivity index is 1.41. The summed E-state index contributed by atoms with van der Waals surface area (Å²) in [6, 6.07) is 8.28. The third-order valence-electron chi connectivity index (χ3n) is 8.06. The van der Waals surface area contributed by atoms with Gasteiger partial charge in [0.05, 0.1) is 0 Å². The van der Waals surface area contributed by atoms with Gasteiger partial charge in [0, 0.05) is 44.4 Å². The van der Waals surface area contributed by atoms with Gasteiger partial charge in [-0.1, -0.05) is 30.3 Å². The van der Waals surface area contributed by atoms with E-state index >= 15 is 0 Å². The van der Waals surface area contributed by atoms with E-state index in [0.29, 0.717) is 38.9 Å². The van der Waals surface area contributed by atoms with Gasteiger partial charge < -0.3 is 20.4 Å². The van der Waals surface area contributed by atoms with Crippen LogP contribution in [0.3, 0.4) is 0 Å². The van der Waals surface area contributed by atoms with Gasteiger partial charge in [0.25, 0.3) is 0 Å². The van der Waals surface area contributed by atoms with Crippen LogP contribution >= 0.6 is 0 Å². The van der Waals surface area contributed by atoms with Crippen molar-refractivity contribution in [2.45, 2.75) is 70.0 Å². The minimum Gasteiger partial charge on any atom is -0.345 e. The largest absolute Gasteiger partial charge is 0.345 e. The summed E-state index contributed by atoms with van der Waals surface area (Å²) in [6.45, 7) is 3.64. The fourth-order valence-electron chi connectivity index (χ4n) is 6.14. The van der Waals surface area contributed by atoms with Gasteiger partial charge in [0.2, 0.25) is 23.6 Å². The van der Waals surface area contributed by atoms with Crippen molar-refractivity contribution in [1.82, 2.24) is 20.4 Å². The molecule has 4 amide bonds. The molecule has 4 aliphatic rings. The highest BCUT2D eigenvalue weighted by Gasteiger charge is 2.46. The van der Waals surface area contributed by atoms with Crippen molar-refractivity contribution < 1.29 is 19.2 Å². The van der Waals surface area contributed by atoms with Crippen LogP contribution in [-0.2, 0) is 25.6 Å². The van der Waals surface area contributed by atoms with Gasteiger partial charge in [-0.25, -0.2) is 0 Å². The van der Waals surface area contributed by atoms with Crippen LogP contribution in [0.25, 0.3) is 0 Å². The van der Waals surface area contributed by atoms with E-state index in [1.165, 1.54) is 0 Å². The zero-order chi connectivity index (χ0) is 24.5. The smallest absolute Gasteiger partial charge is 0.245 e. The second-order valence-corrected chi connectivity index (χ2v) is 10.9. The number of amides is 4. The first kappa shape index (κ1) is 23.8. The predicted octanol–water partition coefficient (Wildman–Crippen LogP) is 1.49. The SMILES string of the molecule is C[C@H]1NC(=O)CCC[C@H]2[C@@H]3C[C@@H](CN(C(=O)C4CC4)C3)CN2C(=O)[C@H](Cc2ccccc2)NC1=O. The molecular weight excluding hydrogens is 444 g/mol. The molecule has 2 bridgehead atoms. The molecule has 0 spiro atoms. The summed E-state index contributed by atoms with van der Waals surface area (Å²) in [5.74, 6) is 0.376. The molecule has 0 aromatic heterocycles. The van der Waals surface area contributed by atoms with Gasteiger partial charge >= 0.3 is 0 Å². The lowest BCUT2D eigenvalue weighted by Gasteiger charge is -2.51. The van der Waals surface area contributed by atoms with Crippen molar-refractivity contribution >= 4 is 23.6 Å². The molecular formula is C27H36N4O4. The molecule has 5 rings (SSSR count). The third kappa shape index (κ3) is 5.36. The maximum absolute atomic E-state index is 14.0. The first-order chi connectivity index (χ1) is 16.9. The van der Waals surface area contributed by atoms with Gasteiger partial charge in [0.15, 0.2) is 0 Å². The zero-order valence-electron chi connectivity index (χ0n) is 20.4. The van der Waals surface area contributed by atoms with E-state index in [1.54, 1.807) is 6.92 Å². The summed E-state index contributed by atoms with van der Waals surface area (Å²) in [6.07, 6.45) is 5.08. The minimum atomic E-state index is -0.702.